The molecule has 0 bridgehead atoms. The zero-order valence-corrected chi connectivity index (χ0v) is 18.8. The summed E-state index contributed by atoms with van der Waals surface area (Å²) in [5, 5.41) is 0. The summed E-state index contributed by atoms with van der Waals surface area (Å²) in [5.74, 6) is 0.657. The lowest BCUT2D eigenvalue weighted by molar-refractivity contribution is 0.321. The lowest BCUT2D eigenvalue weighted by atomic mass is 9.76. The second-order valence-electron chi connectivity index (χ2n) is 7.57. The van der Waals surface area contributed by atoms with Gasteiger partial charge in [-0.05, 0) is 66.6 Å². The van der Waals surface area contributed by atoms with Crippen LogP contribution in [0.25, 0.3) is 0 Å². The van der Waals surface area contributed by atoms with Crippen LogP contribution < -0.4 is 15.2 Å². The molecule has 0 aromatic heterocycles. The molecule has 0 spiro atoms. The molecule has 2 unspecified atom stereocenters. The third-order valence-corrected chi connectivity index (χ3v) is 6.88. The minimum absolute atomic E-state index is 0. The molecule has 166 valence electrons. The van der Waals surface area contributed by atoms with Crippen molar-refractivity contribution >= 4 is 22.4 Å². The molecule has 2 aromatic carbocycles. The SMILES string of the molecule is CCCS(=O)(=O)NCCOc1ccc2c(c1)C(Cc1cccc(F)c1)C(N)CC2.Cl. The van der Waals surface area contributed by atoms with Gasteiger partial charge < -0.3 is 10.5 Å². The van der Waals surface area contributed by atoms with Crippen molar-refractivity contribution in [2.75, 3.05) is 18.9 Å². The number of hydrogen-bond acceptors (Lipinski definition) is 4. The van der Waals surface area contributed by atoms with E-state index < -0.39 is 10.0 Å². The summed E-state index contributed by atoms with van der Waals surface area (Å²) in [4.78, 5) is 0. The molecule has 3 N–H and O–H groups in total. The topological polar surface area (TPSA) is 81.4 Å². The molecule has 2 atom stereocenters. The maximum absolute atomic E-state index is 13.6. The van der Waals surface area contributed by atoms with Crippen LogP contribution in [-0.2, 0) is 22.9 Å². The van der Waals surface area contributed by atoms with Gasteiger partial charge in [-0.1, -0.05) is 25.1 Å². The normalized spacial score (nSPS) is 18.4. The van der Waals surface area contributed by atoms with E-state index in [1.165, 1.54) is 11.6 Å². The van der Waals surface area contributed by atoms with E-state index >= 15 is 0 Å². The summed E-state index contributed by atoms with van der Waals surface area (Å²) in [6.07, 6.45) is 3.06. The van der Waals surface area contributed by atoms with Gasteiger partial charge in [0.25, 0.3) is 0 Å². The van der Waals surface area contributed by atoms with Crippen molar-refractivity contribution in [1.82, 2.24) is 4.72 Å². The number of rotatable bonds is 9. The Morgan fingerprint density at radius 3 is 2.77 bits per heavy atom. The summed E-state index contributed by atoms with van der Waals surface area (Å²) in [6, 6.07) is 12.6. The van der Waals surface area contributed by atoms with Crippen molar-refractivity contribution in [3.8, 4) is 5.75 Å². The Morgan fingerprint density at radius 2 is 2.03 bits per heavy atom. The summed E-state index contributed by atoms with van der Waals surface area (Å²) < 4.78 is 45.3. The van der Waals surface area contributed by atoms with Crippen molar-refractivity contribution in [3.63, 3.8) is 0 Å². The molecule has 0 aliphatic heterocycles. The van der Waals surface area contributed by atoms with Gasteiger partial charge in [-0.3, -0.25) is 0 Å². The fourth-order valence-electron chi connectivity index (χ4n) is 3.88. The van der Waals surface area contributed by atoms with Crippen LogP contribution in [0.1, 0.15) is 42.4 Å². The summed E-state index contributed by atoms with van der Waals surface area (Å²) in [5.41, 5.74) is 9.72. The van der Waals surface area contributed by atoms with Crippen molar-refractivity contribution in [2.24, 2.45) is 5.73 Å². The van der Waals surface area contributed by atoms with E-state index in [0.717, 1.165) is 24.0 Å². The molecule has 0 radical (unpaired) electrons. The van der Waals surface area contributed by atoms with Gasteiger partial charge in [-0.25, -0.2) is 17.5 Å². The molecule has 0 saturated heterocycles. The molecule has 2 aromatic rings. The average molecular weight is 457 g/mol. The third-order valence-electron chi connectivity index (χ3n) is 5.29. The molecular weight excluding hydrogens is 427 g/mol. The minimum atomic E-state index is -3.23. The maximum atomic E-state index is 13.6. The number of hydrogen-bond donors (Lipinski definition) is 2. The van der Waals surface area contributed by atoms with Gasteiger partial charge in [0, 0.05) is 18.5 Å². The van der Waals surface area contributed by atoms with E-state index in [1.54, 1.807) is 12.1 Å². The summed E-state index contributed by atoms with van der Waals surface area (Å²) >= 11 is 0. The standard InChI is InChI=1S/C22H29FN2O3S.ClH/c1-2-12-29(26,27)25-10-11-28-19-8-6-17-7-9-22(24)21(20(17)15-19)14-16-4-3-5-18(23)13-16;/h3-6,8,13,15,21-22,25H,2,7,9-12,14,24H2,1H3;1H. The molecule has 0 heterocycles. The number of benzene rings is 2. The Morgan fingerprint density at radius 1 is 1.23 bits per heavy atom. The van der Waals surface area contributed by atoms with Crippen LogP contribution in [-0.4, -0.2) is 33.4 Å². The molecule has 1 aliphatic rings. The van der Waals surface area contributed by atoms with E-state index in [2.05, 4.69) is 10.8 Å². The first-order valence-electron chi connectivity index (χ1n) is 10.1. The Kier molecular flexibility index (Phi) is 9.09. The van der Waals surface area contributed by atoms with Crippen LogP contribution in [0.4, 0.5) is 4.39 Å². The lowest BCUT2D eigenvalue weighted by Crippen LogP contribution is -2.34. The van der Waals surface area contributed by atoms with Crippen LogP contribution >= 0.6 is 12.4 Å². The highest BCUT2D eigenvalue weighted by Gasteiger charge is 2.27. The third kappa shape index (κ3) is 6.67. The first-order valence-corrected chi connectivity index (χ1v) is 11.8. The summed E-state index contributed by atoms with van der Waals surface area (Å²) in [6.45, 7) is 2.31. The first kappa shape index (κ1) is 24.6. The Balaban J connectivity index is 0.00000320. The second kappa shape index (κ2) is 11.1. The van der Waals surface area contributed by atoms with E-state index in [1.807, 2.05) is 25.1 Å². The van der Waals surface area contributed by atoms with Crippen molar-refractivity contribution in [1.29, 1.82) is 0 Å². The quantitative estimate of drug-likeness (QED) is 0.565. The predicted octanol–water partition coefficient (Wildman–Crippen LogP) is 3.56. The zero-order chi connectivity index (χ0) is 20.9. The van der Waals surface area contributed by atoms with Gasteiger partial charge in [-0.2, -0.15) is 0 Å². The highest BCUT2D eigenvalue weighted by atomic mass is 35.5. The number of nitrogens with one attached hydrogen (secondary N) is 1. The van der Waals surface area contributed by atoms with Crippen LogP contribution in [0.15, 0.2) is 42.5 Å². The molecule has 0 fully saturated rings. The fraction of sp³-hybridized carbons (Fsp3) is 0.455. The first-order chi connectivity index (χ1) is 13.9. The Labute approximate surface area is 184 Å². The molecule has 3 rings (SSSR count). The molecular formula is C22H30ClFN2O3S. The van der Waals surface area contributed by atoms with E-state index in [9.17, 15) is 12.8 Å². The second-order valence-corrected chi connectivity index (χ2v) is 9.49. The van der Waals surface area contributed by atoms with Gasteiger partial charge >= 0.3 is 0 Å². The van der Waals surface area contributed by atoms with Crippen molar-refractivity contribution in [2.45, 2.75) is 44.6 Å². The summed E-state index contributed by atoms with van der Waals surface area (Å²) in [7, 11) is -3.23. The number of nitrogens with two attached hydrogens (primary N) is 1. The zero-order valence-electron chi connectivity index (χ0n) is 17.1. The van der Waals surface area contributed by atoms with Gasteiger partial charge in [0.15, 0.2) is 0 Å². The Bertz CT molecular complexity index is 940. The number of fused-ring (bicyclic) bond motifs is 1. The lowest BCUT2D eigenvalue weighted by Gasteiger charge is -2.32. The molecule has 0 amide bonds. The molecule has 0 saturated carbocycles. The molecule has 30 heavy (non-hydrogen) atoms. The smallest absolute Gasteiger partial charge is 0.211 e. The van der Waals surface area contributed by atoms with Crippen LogP contribution in [0.2, 0.25) is 0 Å². The van der Waals surface area contributed by atoms with E-state index in [0.29, 0.717) is 18.6 Å². The number of aryl methyl sites for hydroxylation is 1. The van der Waals surface area contributed by atoms with Crippen LogP contribution in [0, 0.1) is 5.82 Å². The van der Waals surface area contributed by atoms with Crippen LogP contribution in [0.3, 0.4) is 0 Å². The van der Waals surface area contributed by atoms with Crippen molar-refractivity contribution in [3.05, 3.63) is 65.0 Å². The monoisotopic (exact) mass is 456 g/mol. The largest absolute Gasteiger partial charge is 0.492 e. The predicted molar refractivity (Wildman–Crippen MR) is 120 cm³/mol. The Hall–Kier alpha value is -1.67. The highest BCUT2D eigenvalue weighted by molar-refractivity contribution is 7.89. The van der Waals surface area contributed by atoms with Crippen molar-refractivity contribution < 1.29 is 17.5 Å². The van der Waals surface area contributed by atoms with E-state index in [4.69, 9.17) is 10.5 Å². The minimum Gasteiger partial charge on any atom is -0.492 e. The van der Waals surface area contributed by atoms with Gasteiger partial charge in [0.05, 0.1) is 5.75 Å². The molecule has 5 nitrogen and oxygen atoms in total. The average Bonchev–Trinajstić information content (AvgIpc) is 2.67. The number of halogens is 2. The molecule has 1 aliphatic carbocycles. The van der Waals surface area contributed by atoms with Gasteiger partial charge in [0.1, 0.15) is 18.2 Å². The molecule has 8 heteroatoms. The van der Waals surface area contributed by atoms with Gasteiger partial charge in [0.2, 0.25) is 10.0 Å². The van der Waals surface area contributed by atoms with E-state index in [-0.39, 0.29) is 49.1 Å². The fourth-order valence-corrected chi connectivity index (χ4v) is 4.95. The van der Waals surface area contributed by atoms with Crippen LogP contribution in [0.5, 0.6) is 5.75 Å². The maximum Gasteiger partial charge on any atom is 0.211 e. The number of ether oxygens (including phenoxy) is 1. The highest BCUT2D eigenvalue weighted by Crippen LogP contribution is 2.35. The number of sulfonamides is 1. The van der Waals surface area contributed by atoms with Gasteiger partial charge in [-0.15, -0.1) is 12.4 Å².